The largest absolute Gasteiger partial charge is 0.402 e. The van der Waals surface area contributed by atoms with Crippen molar-refractivity contribution in [1.29, 1.82) is 5.41 Å². The van der Waals surface area contributed by atoms with Crippen molar-refractivity contribution in [3.63, 3.8) is 0 Å². The molecule has 2 aliphatic heterocycles. The van der Waals surface area contributed by atoms with E-state index in [-0.39, 0.29) is 6.10 Å². The molecule has 5 N–H and O–H groups in total. The number of hydrogen-bond acceptors (Lipinski definition) is 7. The number of allylic oxidation sites excluding steroid dienone is 1. The van der Waals surface area contributed by atoms with Gasteiger partial charge in [-0.2, -0.15) is 4.99 Å². The van der Waals surface area contributed by atoms with Gasteiger partial charge in [0.25, 0.3) is 5.88 Å². The van der Waals surface area contributed by atoms with Crippen LogP contribution in [0.5, 0.6) is 0 Å². The predicted octanol–water partition coefficient (Wildman–Crippen LogP) is 1.72. The van der Waals surface area contributed by atoms with Crippen LogP contribution in [0.25, 0.3) is 0 Å². The molecule has 0 bridgehead atoms. The zero-order valence-corrected chi connectivity index (χ0v) is 17.4. The average Bonchev–Trinajstić information content (AvgIpc) is 3.40. The van der Waals surface area contributed by atoms with Gasteiger partial charge >= 0.3 is 0 Å². The molecule has 8 nitrogen and oxygen atoms in total. The Morgan fingerprint density at radius 3 is 2.82 bits per heavy atom. The lowest BCUT2D eigenvalue weighted by Crippen LogP contribution is -2.55. The van der Waals surface area contributed by atoms with Crippen molar-refractivity contribution >= 4 is 11.7 Å². The fourth-order valence-electron chi connectivity index (χ4n) is 3.51. The van der Waals surface area contributed by atoms with Gasteiger partial charge < -0.3 is 25.5 Å². The van der Waals surface area contributed by atoms with Crippen molar-refractivity contribution in [3.05, 3.63) is 23.2 Å². The Balaban J connectivity index is 1.74. The summed E-state index contributed by atoms with van der Waals surface area (Å²) in [4.78, 5) is 12.2. The maximum atomic E-state index is 8.80. The topological polar surface area (TPSA) is 108 Å². The number of hydrogen-bond donors (Lipinski definition) is 4. The van der Waals surface area contributed by atoms with E-state index in [1.807, 2.05) is 11.8 Å². The molecule has 2 atom stereocenters. The summed E-state index contributed by atoms with van der Waals surface area (Å²) in [6.45, 7) is 8.59. The molecule has 0 amide bonds. The molecule has 0 spiro atoms. The second-order valence-corrected chi connectivity index (χ2v) is 8.35. The smallest absolute Gasteiger partial charge is 0.258 e. The maximum Gasteiger partial charge on any atom is 0.258 e. The minimum Gasteiger partial charge on any atom is -0.402 e. The third-order valence-electron chi connectivity index (χ3n) is 5.26. The summed E-state index contributed by atoms with van der Waals surface area (Å²) in [5.41, 5.74) is 10.1. The Labute approximate surface area is 167 Å². The Morgan fingerprint density at radius 2 is 2.21 bits per heavy atom. The van der Waals surface area contributed by atoms with Crippen LogP contribution in [0.1, 0.15) is 40.0 Å². The number of rotatable bonds is 7. The molecule has 28 heavy (non-hydrogen) atoms. The quantitative estimate of drug-likeness (QED) is 0.389. The summed E-state index contributed by atoms with van der Waals surface area (Å²) in [5.74, 6) is 2.69. The van der Waals surface area contributed by atoms with Gasteiger partial charge in [0.05, 0.1) is 11.7 Å². The molecule has 1 saturated heterocycles. The number of piperidine rings is 1. The first kappa shape index (κ1) is 20.7. The van der Waals surface area contributed by atoms with E-state index in [2.05, 4.69) is 29.6 Å². The van der Waals surface area contributed by atoms with E-state index in [0.717, 1.165) is 38.2 Å². The van der Waals surface area contributed by atoms with E-state index in [0.29, 0.717) is 47.4 Å². The Bertz CT molecular complexity index is 676. The van der Waals surface area contributed by atoms with Crippen LogP contribution in [0.3, 0.4) is 0 Å². The number of nitrogens with zero attached hydrogens (tertiary/aromatic N) is 2. The number of amidine groups is 2. The first-order chi connectivity index (χ1) is 13.4. The van der Waals surface area contributed by atoms with Crippen molar-refractivity contribution < 1.29 is 9.57 Å². The summed E-state index contributed by atoms with van der Waals surface area (Å²) in [6.07, 6.45) is 4.97. The van der Waals surface area contributed by atoms with E-state index < -0.39 is 0 Å². The SMILES string of the molecule is CO[C@H]1CN(C(=N)C(/C=C(/C)N)=C2N=C(C3CC3)NO2)CC[C@H]1NCC(C)C. The van der Waals surface area contributed by atoms with E-state index in [4.69, 9.17) is 20.7 Å². The summed E-state index contributed by atoms with van der Waals surface area (Å²) >= 11 is 0. The van der Waals surface area contributed by atoms with Gasteiger partial charge in [-0.05, 0) is 44.7 Å². The zero-order chi connectivity index (χ0) is 20.3. The molecule has 1 saturated carbocycles. The lowest BCUT2D eigenvalue weighted by atomic mass is 9.99. The van der Waals surface area contributed by atoms with Crippen molar-refractivity contribution in [3.8, 4) is 0 Å². The van der Waals surface area contributed by atoms with E-state index in [9.17, 15) is 0 Å². The van der Waals surface area contributed by atoms with Crippen LogP contribution in [-0.4, -0.2) is 55.5 Å². The Morgan fingerprint density at radius 1 is 1.46 bits per heavy atom. The number of nitrogens with one attached hydrogen (secondary N) is 3. The predicted molar refractivity (Wildman–Crippen MR) is 111 cm³/mol. The van der Waals surface area contributed by atoms with Crippen LogP contribution in [0.4, 0.5) is 0 Å². The summed E-state index contributed by atoms with van der Waals surface area (Å²) in [5, 5.41) is 12.4. The molecule has 8 heteroatoms. The molecule has 0 aromatic heterocycles. The highest BCUT2D eigenvalue weighted by Crippen LogP contribution is 2.33. The van der Waals surface area contributed by atoms with Crippen LogP contribution in [0, 0.1) is 17.2 Å². The third-order valence-corrected chi connectivity index (χ3v) is 5.26. The molecule has 3 aliphatic rings. The van der Waals surface area contributed by atoms with Gasteiger partial charge in [0.15, 0.2) is 0 Å². The maximum absolute atomic E-state index is 8.80. The molecular weight excluding hydrogens is 356 g/mol. The normalized spacial score (nSPS) is 27.4. The fraction of sp³-hybridized carbons (Fsp3) is 0.700. The first-order valence-electron chi connectivity index (χ1n) is 10.2. The molecule has 2 fully saturated rings. The summed E-state index contributed by atoms with van der Waals surface area (Å²) in [7, 11) is 1.74. The van der Waals surface area contributed by atoms with Crippen LogP contribution in [0.15, 0.2) is 28.2 Å². The van der Waals surface area contributed by atoms with Crippen LogP contribution >= 0.6 is 0 Å². The number of ether oxygens (including phenoxy) is 1. The molecule has 0 aromatic carbocycles. The van der Waals surface area contributed by atoms with Crippen molar-refractivity contribution in [2.45, 2.75) is 52.2 Å². The van der Waals surface area contributed by atoms with Gasteiger partial charge in [-0.15, -0.1) is 0 Å². The van der Waals surface area contributed by atoms with Crippen molar-refractivity contribution in [1.82, 2.24) is 15.7 Å². The van der Waals surface area contributed by atoms with Gasteiger partial charge in [-0.25, -0.2) is 5.48 Å². The highest BCUT2D eigenvalue weighted by molar-refractivity contribution is 6.00. The van der Waals surface area contributed by atoms with Gasteiger partial charge in [-0.1, -0.05) is 13.8 Å². The molecule has 3 rings (SSSR count). The van der Waals surface area contributed by atoms with Gasteiger partial charge in [0.2, 0.25) is 0 Å². The van der Waals surface area contributed by atoms with E-state index in [1.165, 1.54) is 0 Å². The third kappa shape index (κ3) is 5.05. The lowest BCUT2D eigenvalue weighted by Gasteiger charge is -2.39. The molecule has 156 valence electrons. The standard InChI is InChI=1S/C20H34N6O2/c1-12(2)10-23-16-7-8-26(11-17(16)27-4)18(22)15(9-13(3)21)20-24-19(25-28-20)14-5-6-14/h9,12,14,16-17,22-23H,5-8,10-11,21H2,1-4H3,(H,24,25)/b13-9-,20-15?,22-18?/t16-,17+/m1/s1. The monoisotopic (exact) mass is 390 g/mol. The molecule has 2 heterocycles. The van der Waals surface area contributed by atoms with Crippen LogP contribution < -0.4 is 16.5 Å². The summed E-state index contributed by atoms with van der Waals surface area (Å²) in [6, 6.07) is 0.295. The molecule has 1 aliphatic carbocycles. The molecule has 0 aromatic rings. The van der Waals surface area contributed by atoms with E-state index >= 15 is 0 Å². The fourth-order valence-corrected chi connectivity index (χ4v) is 3.51. The van der Waals surface area contributed by atoms with Gasteiger partial charge in [0, 0.05) is 37.9 Å². The molecule has 0 unspecified atom stereocenters. The van der Waals surface area contributed by atoms with Crippen LogP contribution in [0.2, 0.25) is 0 Å². The summed E-state index contributed by atoms with van der Waals surface area (Å²) < 4.78 is 5.73. The second-order valence-electron chi connectivity index (χ2n) is 8.35. The minimum atomic E-state index is 0.0233. The van der Waals surface area contributed by atoms with Crippen LogP contribution in [-0.2, 0) is 9.57 Å². The van der Waals surface area contributed by atoms with E-state index in [1.54, 1.807) is 13.2 Å². The number of likely N-dealkylation sites (tertiary alicyclic amines) is 1. The second kappa shape index (κ2) is 8.96. The number of aliphatic imine (C=N–C) groups is 1. The average molecular weight is 391 g/mol. The molecular formula is C20H34N6O2. The highest BCUT2D eigenvalue weighted by Gasteiger charge is 2.35. The number of hydroxylamine groups is 1. The lowest BCUT2D eigenvalue weighted by molar-refractivity contribution is 0.0249. The van der Waals surface area contributed by atoms with Gasteiger partial charge in [-0.3, -0.25) is 5.41 Å². The minimum absolute atomic E-state index is 0.0233. The Hall–Kier alpha value is -2.06. The molecule has 0 radical (unpaired) electrons. The number of methoxy groups -OCH3 is 1. The first-order valence-corrected chi connectivity index (χ1v) is 10.2. The van der Waals surface area contributed by atoms with Crippen molar-refractivity contribution in [2.75, 3.05) is 26.7 Å². The van der Waals surface area contributed by atoms with Gasteiger partial charge in [0.1, 0.15) is 11.7 Å². The Kier molecular flexibility index (Phi) is 6.61. The van der Waals surface area contributed by atoms with Crippen molar-refractivity contribution in [2.24, 2.45) is 22.6 Å². The highest BCUT2D eigenvalue weighted by atomic mass is 16.7. The number of nitrogens with two attached hydrogens (primary N) is 1. The zero-order valence-electron chi connectivity index (χ0n) is 17.4.